The molecule has 7 heteroatoms. The summed E-state index contributed by atoms with van der Waals surface area (Å²) in [6.07, 6.45) is 3.04. The van der Waals surface area contributed by atoms with Gasteiger partial charge in [-0.3, -0.25) is 4.79 Å². The molecule has 0 bridgehead atoms. The first kappa shape index (κ1) is 19.1. The number of ether oxygens (including phenoxy) is 2. The lowest BCUT2D eigenvalue weighted by Crippen LogP contribution is -2.83. The Morgan fingerprint density at radius 3 is 2.89 bits per heavy atom. The third-order valence-corrected chi connectivity index (χ3v) is 4.60. The number of aromatic nitrogens is 1. The van der Waals surface area contributed by atoms with E-state index in [1.807, 2.05) is 18.2 Å². The van der Waals surface area contributed by atoms with Crippen LogP contribution in [0.4, 0.5) is 0 Å². The molecule has 0 spiro atoms. The number of amides is 1. The molecule has 6 nitrogen and oxygen atoms in total. The second-order valence-electron chi connectivity index (χ2n) is 6.25. The van der Waals surface area contributed by atoms with Gasteiger partial charge in [-0.25, -0.2) is 0 Å². The second-order valence-corrected chi connectivity index (χ2v) is 6.66. The number of hydrogen-bond acceptors (Lipinski definition) is 3. The van der Waals surface area contributed by atoms with Crippen LogP contribution >= 0.6 is 11.6 Å². The smallest absolute Gasteiger partial charge is 0.255 e. The van der Waals surface area contributed by atoms with Crippen molar-refractivity contribution in [2.75, 3.05) is 20.3 Å². The van der Waals surface area contributed by atoms with E-state index in [1.54, 1.807) is 0 Å². The first-order valence-corrected chi connectivity index (χ1v) is 9.10. The highest BCUT2D eigenvalue weighted by atomic mass is 35.5. The summed E-state index contributed by atoms with van der Waals surface area (Å²) in [5.74, 6) is 0.257. The van der Waals surface area contributed by atoms with E-state index >= 15 is 0 Å². The van der Waals surface area contributed by atoms with Crippen molar-refractivity contribution in [2.45, 2.75) is 13.0 Å². The van der Waals surface area contributed by atoms with E-state index in [0.29, 0.717) is 16.5 Å². The molecular weight excluding hydrogens is 366 g/mol. The second kappa shape index (κ2) is 8.79. The van der Waals surface area contributed by atoms with Crippen molar-refractivity contribution in [3.8, 4) is 11.5 Å². The van der Waals surface area contributed by atoms with Crippen LogP contribution in [-0.4, -0.2) is 31.2 Å². The number of fused-ring (bicyclic) bond motifs is 1. The number of hydrogen-bond donors (Lipinski definition) is 3. The van der Waals surface area contributed by atoms with E-state index in [4.69, 9.17) is 26.8 Å². The number of aromatic amines is 1. The molecule has 0 fully saturated rings. The van der Waals surface area contributed by atoms with E-state index in [-0.39, 0.29) is 6.61 Å². The van der Waals surface area contributed by atoms with Gasteiger partial charge >= 0.3 is 0 Å². The van der Waals surface area contributed by atoms with Crippen molar-refractivity contribution < 1.29 is 19.6 Å². The lowest BCUT2D eigenvalue weighted by atomic mass is 10.1. The molecule has 1 heterocycles. The third-order valence-electron chi connectivity index (χ3n) is 4.32. The van der Waals surface area contributed by atoms with E-state index in [2.05, 4.69) is 34.7 Å². The standard InChI is InChI=1S/C20H22ClN3O3/c1-26-18-9-13(8-16(21)20(18)27-12-19(22)25)10-23-7-6-14-11-24-17-5-3-2-4-15(14)17/h2-5,8-9,11,23-24H,6-7,10,12H2,1H3,(H2,22,25)/p+1. The fourth-order valence-electron chi connectivity index (χ4n) is 3.04. The van der Waals surface area contributed by atoms with Crippen LogP contribution in [0.5, 0.6) is 11.5 Å². The van der Waals surface area contributed by atoms with Gasteiger partial charge < -0.3 is 25.5 Å². The number of H-pyrrole nitrogens is 1. The zero-order valence-corrected chi connectivity index (χ0v) is 15.9. The number of quaternary nitrogens is 1. The Bertz CT molecular complexity index is 939. The predicted molar refractivity (Wildman–Crippen MR) is 105 cm³/mol. The fourth-order valence-corrected chi connectivity index (χ4v) is 3.33. The van der Waals surface area contributed by atoms with Gasteiger partial charge in [0.25, 0.3) is 5.91 Å². The number of rotatable bonds is 9. The van der Waals surface area contributed by atoms with Crippen LogP contribution in [0.25, 0.3) is 10.9 Å². The van der Waals surface area contributed by atoms with E-state index < -0.39 is 5.91 Å². The molecule has 0 radical (unpaired) electrons. The van der Waals surface area contributed by atoms with Crippen LogP contribution in [0.3, 0.4) is 0 Å². The number of benzene rings is 2. The maximum Gasteiger partial charge on any atom is 0.255 e. The molecule has 0 aliphatic heterocycles. The minimum atomic E-state index is -0.567. The lowest BCUT2D eigenvalue weighted by molar-refractivity contribution is -0.670. The predicted octanol–water partition coefficient (Wildman–Crippen LogP) is 2.00. The Morgan fingerprint density at radius 2 is 2.11 bits per heavy atom. The van der Waals surface area contributed by atoms with Gasteiger partial charge in [0.1, 0.15) is 6.54 Å². The van der Waals surface area contributed by atoms with Crippen molar-refractivity contribution in [3.63, 3.8) is 0 Å². The van der Waals surface area contributed by atoms with Crippen molar-refractivity contribution in [1.29, 1.82) is 0 Å². The molecule has 27 heavy (non-hydrogen) atoms. The summed E-state index contributed by atoms with van der Waals surface area (Å²) in [4.78, 5) is 14.2. The molecule has 142 valence electrons. The highest BCUT2D eigenvalue weighted by molar-refractivity contribution is 6.32. The number of carbonyl (C=O) groups is 1. The van der Waals surface area contributed by atoms with E-state index in [9.17, 15) is 4.79 Å². The number of methoxy groups -OCH3 is 1. The molecule has 2 aromatic carbocycles. The minimum absolute atomic E-state index is 0.244. The Labute approximate surface area is 162 Å². The van der Waals surface area contributed by atoms with Gasteiger partial charge in [0, 0.05) is 29.1 Å². The zero-order chi connectivity index (χ0) is 19.2. The van der Waals surface area contributed by atoms with Crippen molar-refractivity contribution >= 4 is 28.4 Å². The van der Waals surface area contributed by atoms with Crippen LogP contribution in [0.2, 0.25) is 5.02 Å². The van der Waals surface area contributed by atoms with E-state index in [0.717, 1.165) is 30.6 Å². The molecule has 0 aliphatic rings. The number of nitrogens with one attached hydrogen (secondary N) is 1. The molecule has 1 amide bonds. The SMILES string of the molecule is COc1cc(C[NH2+]CCc2c[nH]c3ccccc23)cc(Cl)c1OCC(N)=O. The van der Waals surface area contributed by atoms with Gasteiger partial charge in [-0.1, -0.05) is 29.8 Å². The summed E-state index contributed by atoms with van der Waals surface area (Å²) in [5.41, 5.74) is 8.60. The van der Waals surface area contributed by atoms with Gasteiger partial charge in [0.2, 0.25) is 0 Å². The Morgan fingerprint density at radius 1 is 1.30 bits per heavy atom. The Hall–Kier alpha value is -2.70. The molecule has 0 atom stereocenters. The van der Waals surface area contributed by atoms with Gasteiger partial charge in [-0.05, 0) is 23.8 Å². The molecule has 3 rings (SSSR count). The van der Waals surface area contributed by atoms with Crippen molar-refractivity contribution in [3.05, 3.63) is 58.7 Å². The summed E-state index contributed by atoms with van der Waals surface area (Å²) < 4.78 is 10.7. The topological polar surface area (TPSA) is 93.9 Å². The largest absolute Gasteiger partial charge is 0.493 e. The van der Waals surface area contributed by atoms with Gasteiger partial charge in [-0.2, -0.15) is 0 Å². The van der Waals surface area contributed by atoms with Crippen molar-refractivity contribution in [2.24, 2.45) is 5.73 Å². The van der Waals surface area contributed by atoms with Crippen molar-refractivity contribution in [1.82, 2.24) is 4.98 Å². The normalized spacial score (nSPS) is 10.9. The Kier molecular flexibility index (Phi) is 6.21. The quantitative estimate of drug-likeness (QED) is 0.489. The fraction of sp³-hybridized carbons (Fsp3) is 0.250. The van der Waals surface area contributed by atoms with Crippen LogP contribution in [0.15, 0.2) is 42.6 Å². The molecule has 0 saturated heterocycles. The monoisotopic (exact) mass is 388 g/mol. The van der Waals surface area contributed by atoms with Crippen LogP contribution in [-0.2, 0) is 17.8 Å². The third kappa shape index (κ3) is 4.72. The highest BCUT2D eigenvalue weighted by Crippen LogP contribution is 2.36. The maximum atomic E-state index is 10.9. The average molecular weight is 389 g/mol. The summed E-state index contributed by atoms with van der Waals surface area (Å²) in [7, 11) is 1.54. The Balaban J connectivity index is 1.59. The van der Waals surface area contributed by atoms with Gasteiger partial charge in [-0.15, -0.1) is 0 Å². The molecule has 5 N–H and O–H groups in total. The number of para-hydroxylation sites is 1. The van der Waals surface area contributed by atoms with E-state index in [1.165, 1.54) is 18.1 Å². The first-order valence-electron chi connectivity index (χ1n) is 8.72. The molecular formula is C20H23ClN3O3+. The first-order chi connectivity index (χ1) is 13.1. The number of carbonyl (C=O) groups excluding carboxylic acids is 1. The van der Waals surface area contributed by atoms with Crippen LogP contribution in [0, 0.1) is 0 Å². The summed E-state index contributed by atoms with van der Waals surface area (Å²) in [6.45, 7) is 1.46. The van der Waals surface area contributed by atoms with Crippen LogP contribution < -0.4 is 20.5 Å². The average Bonchev–Trinajstić information content (AvgIpc) is 3.07. The molecule has 0 unspecified atom stereocenters. The number of primary amides is 1. The number of halogens is 1. The lowest BCUT2D eigenvalue weighted by Gasteiger charge is -2.13. The van der Waals surface area contributed by atoms with Crippen LogP contribution in [0.1, 0.15) is 11.1 Å². The molecule has 0 saturated carbocycles. The minimum Gasteiger partial charge on any atom is -0.493 e. The van der Waals surface area contributed by atoms with Gasteiger partial charge in [0.15, 0.2) is 18.1 Å². The number of nitrogens with two attached hydrogens (primary N) is 2. The highest BCUT2D eigenvalue weighted by Gasteiger charge is 2.14. The molecule has 3 aromatic rings. The summed E-state index contributed by atoms with van der Waals surface area (Å²) >= 11 is 6.28. The molecule has 0 aliphatic carbocycles. The summed E-state index contributed by atoms with van der Waals surface area (Å²) in [6, 6.07) is 12.0. The molecule has 1 aromatic heterocycles. The zero-order valence-electron chi connectivity index (χ0n) is 15.1. The maximum absolute atomic E-state index is 10.9. The summed E-state index contributed by atoms with van der Waals surface area (Å²) in [5, 5.41) is 3.89. The van der Waals surface area contributed by atoms with Gasteiger partial charge in [0.05, 0.1) is 18.7 Å².